The van der Waals surface area contributed by atoms with E-state index in [4.69, 9.17) is 10.5 Å². The topological polar surface area (TPSA) is 103 Å². The molecule has 0 aliphatic heterocycles. The lowest BCUT2D eigenvalue weighted by Gasteiger charge is -2.07. The largest absolute Gasteiger partial charge is 0.384 e. The summed E-state index contributed by atoms with van der Waals surface area (Å²) >= 11 is 0. The van der Waals surface area contributed by atoms with E-state index in [9.17, 15) is 10.1 Å². The Morgan fingerprint density at radius 3 is 3.00 bits per heavy atom. The minimum atomic E-state index is -0.474. The van der Waals surface area contributed by atoms with E-state index in [-0.39, 0.29) is 17.3 Å². The van der Waals surface area contributed by atoms with E-state index in [0.717, 1.165) is 18.9 Å². The van der Waals surface area contributed by atoms with Crippen LogP contribution in [0.4, 0.5) is 17.3 Å². The number of anilines is 2. The molecule has 3 N–H and O–H groups in total. The quantitative estimate of drug-likeness (QED) is 0.422. The first kappa shape index (κ1) is 13.5. The van der Waals surface area contributed by atoms with Crippen LogP contribution in [-0.2, 0) is 4.74 Å². The van der Waals surface area contributed by atoms with Crippen LogP contribution < -0.4 is 11.1 Å². The molecule has 1 aliphatic carbocycles. The number of rotatable bonds is 8. The Hall–Kier alpha value is -1.89. The van der Waals surface area contributed by atoms with Crippen LogP contribution in [0.5, 0.6) is 0 Å². The lowest BCUT2D eigenvalue weighted by molar-refractivity contribution is -0.384. The SMILES string of the molecule is Nc1ccc([N+](=O)[O-])c(NCCCOCC2CC2)n1. The van der Waals surface area contributed by atoms with E-state index < -0.39 is 4.92 Å². The molecule has 0 bridgehead atoms. The average Bonchev–Trinajstić information content (AvgIpc) is 3.17. The number of hydrogen-bond acceptors (Lipinski definition) is 6. The monoisotopic (exact) mass is 266 g/mol. The molecule has 0 atom stereocenters. The summed E-state index contributed by atoms with van der Waals surface area (Å²) < 4.78 is 5.48. The van der Waals surface area contributed by atoms with Gasteiger partial charge in [-0.05, 0) is 31.2 Å². The van der Waals surface area contributed by atoms with Gasteiger partial charge in [-0.3, -0.25) is 10.1 Å². The van der Waals surface area contributed by atoms with E-state index in [0.29, 0.717) is 13.2 Å². The fourth-order valence-electron chi connectivity index (χ4n) is 1.66. The maximum atomic E-state index is 10.8. The molecular weight excluding hydrogens is 248 g/mol. The Labute approximate surface area is 111 Å². The molecule has 0 saturated heterocycles. The highest BCUT2D eigenvalue weighted by atomic mass is 16.6. The van der Waals surface area contributed by atoms with Crippen molar-refractivity contribution in [3.63, 3.8) is 0 Å². The van der Waals surface area contributed by atoms with Crippen molar-refractivity contribution in [3.8, 4) is 0 Å². The van der Waals surface area contributed by atoms with Gasteiger partial charge in [-0.25, -0.2) is 4.98 Å². The zero-order chi connectivity index (χ0) is 13.7. The van der Waals surface area contributed by atoms with Crippen LogP contribution in [0.2, 0.25) is 0 Å². The van der Waals surface area contributed by atoms with Crippen molar-refractivity contribution in [3.05, 3.63) is 22.2 Å². The molecule has 1 heterocycles. The highest BCUT2D eigenvalue weighted by Crippen LogP contribution is 2.28. The summed E-state index contributed by atoms with van der Waals surface area (Å²) in [7, 11) is 0. The normalized spacial score (nSPS) is 14.3. The first-order chi connectivity index (χ1) is 9.16. The fourth-order valence-corrected chi connectivity index (χ4v) is 1.66. The van der Waals surface area contributed by atoms with E-state index >= 15 is 0 Å². The van der Waals surface area contributed by atoms with Gasteiger partial charge in [0, 0.05) is 25.8 Å². The molecular formula is C12H18N4O3. The molecule has 0 radical (unpaired) electrons. The van der Waals surface area contributed by atoms with Gasteiger partial charge in [0.1, 0.15) is 5.82 Å². The van der Waals surface area contributed by atoms with Gasteiger partial charge in [-0.1, -0.05) is 0 Å². The van der Waals surface area contributed by atoms with Gasteiger partial charge in [0.05, 0.1) is 4.92 Å². The Kier molecular flexibility index (Phi) is 4.51. The van der Waals surface area contributed by atoms with Gasteiger partial charge in [-0.2, -0.15) is 0 Å². The predicted octanol–water partition coefficient (Wildman–Crippen LogP) is 1.80. The molecule has 0 unspecified atom stereocenters. The predicted molar refractivity (Wildman–Crippen MR) is 72.0 cm³/mol. The van der Waals surface area contributed by atoms with E-state index in [1.807, 2.05) is 0 Å². The lowest BCUT2D eigenvalue weighted by Crippen LogP contribution is -2.10. The zero-order valence-corrected chi connectivity index (χ0v) is 10.7. The molecule has 1 aromatic heterocycles. The number of nitrogens with one attached hydrogen (secondary N) is 1. The third kappa shape index (κ3) is 4.36. The van der Waals surface area contributed by atoms with Crippen LogP contribution >= 0.6 is 0 Å². The van der Waals surface area contributed by atoms with Gasteiger partial charge >= 0.3 is 5.69 Å². The highest BCUT2D eigenvalue weighted by Gasteiger charge is 2.20. The summed E-state index contributed by atoms with van der Waals surface area (Å²) in [5.41, 5.74) is 5.46. The molecule has 0 aromatic carbocycles. The number of nitrogens with zero attached hydrogens (tertiary/aromatic N) is 2. The molecule has 0 amide bonds. The molecule has 104 valence electrons. The van der Waals surface area contributed by atoms with Crippen molar-refractivity contribution in [1.29, 1.82) is 0 Å². The van der Waals surface area contributed by atoms with Gasteiger partial charge in [0.25, 0.3) is 0 Å². The second-order valence-electron chi connectivity index (χ2n) is 4.66. The van der Waals surface area contributed by atoms with Crippen LogP contribution in [0, 0.1) is 16.0 Å². The van der Waals surface area contributed by atoms with Gasteiger partial charge in [0.15, 0.2) is 0 Å². The summed E-state index contributed by atoms with van der Waals surface area (Å²) in [6, 6.07) is 2.77. The maximum absolute atomic E-state index is 10.8. The van der Waals surface area contributed by atoms with Crippen molar-refractivity contribution in [2.45, 2.75) is 19.3 Å². The van der Waals surface area contributed by atoms with Crippen molar-refractivity contribution < 1.29 is 9.66 Å². The van der Waals surface area contributed by atoms with Gasteiger partial charge in [-0.15, -0.1) is 0 Å². The second-order valence-corrected chi connectivity index (χ2v) is 4.66. The van der Waals surface area contributed by atoms with E-state index in [1.165, 1.54) is 25.0 Å². The Morgan fingerprint density at radius 1 is 1.53 bits per heavy atom. The molecule has 1 aromatic rings. The number of ether oxygens (including phenoxy) is 1. The number of aromatic nitrogens is 1. The first-order valence-corrected chi connectivity index (χ1v) is 6.39. The summed E-state index contributed by atoms with van der Waals surface area (Å²) in [5.74, 6) is 1.23. The minimum Gasteiger partial charge on any atom is -0.384 e. The molecule has 1 aliphatic rings. The number of nitrogens with two attached hydrogens (primary N) is 1. The van der Waals surface area contributed by atoms with Crippen molar-refractivity contribution in [2.24, 2.45) is 5.92 Å². The molecule has 7 nitrogen and oxygen atoms in total. The van der Waals surface area contributed by atoms with Crippen LogP contribution in [0.1, 0.15) is 19.3 Å². The molecule has 7 heteroatoms. The first-order valence-electron chi connectivity index (χ1n) is 6.39. The standard InChI is InChI=1S/C12H18N4O3/c13-11-5-4-10(16(17)18)12(15-11)14-6-1-7-19-8-9-2-3-9/h4-5,9H,1-3,6-8H2,(H3,13,14,15). The van der Waals surface area contributed by atoms with E-state index in [2.05, 4.69) is 10.3 Å². The van der Waals surface area contributed by atoms with Gasteiger partial charge < -0.3 is 15.8 Å². The van der Waals surface area contributed by atoms with Crippen LogP contribution in [0.15, 0.2) is 12.1 Å². The van der Waals surface area contributed by atoms with Crippen molar-refractivity contribution in [1.82, 2.24) is 4.98 Å². The number of nitrogen functional groups attached to an aromatic ring is 1. The Balaban J connectivity index is 1.74. The second kappa shape index (κ2) is 6.33. The van der Waals surface area contributed by atoms with Gasteiger partial charge in [0.2, 0.25) is 5.82 Å². The third-order valence-corrected chi connectivity index (χ3v) is 2.90. The summed E-state index contributed by atoms with van der Waals surface area (Å²) in [5, 5.41) is 13.7. The Morgan fingerprint density at radius 2 is 2.32 bits per heavy atom. The molecule has 0 spiro atoms. The summed E-state index contributed by atoms with van der Waals surface area (Å²) in [4.78, 5) is 14.3. The van der Waals surface area contributed by atoms with Crippen molar-refractivity contribution in [2.75, 3.05) is 30.8 Å². The molecule has 2 rings (SSSR count). The van der Waals surface area contributed by atoms with Crippen molar-refractivity contribution >= 4 is 17.3 Å². The average molecular weight is 266 g/mol. The minimum absolute atomic E-state index is 0.0619. The molecule has 19 heavy (non-hydrogen) atoms. The zero-order valence-electron chi connectivity index (χ0n) is 10.7. The van der Waals surface area contributed by atoms with Crippen LogP contribution in [0.25, 0.3) is 0 Å². The number of pyridine rings is 1. The number of nitro groups is 1. The lowest BCUT2D eigenvalue weighted by atomic mass is 10.3. The van der Waals surface area contributed by atoms with Crippen LogP contribution in [-0.4, -0.2) is 29.7 Å². The summed E-state index contributed by atoms with van der Waals surface area (Å²) in [6.45, 7) is 2.05. The maximum Gasteiger partial charge on any atom is 0.311 e. The summed E-state index contributed by atoms with van der Waals surface area (Å²) in [6.07, 6.45) is 3.33. The molecule has 1 fully saturated rings. The fraction of sp³-hybridized carbons (Fsp3) is 0.583. The third-order valence-electron chi connectivity index (χ3n) is 2.90. The molecule has 1 saturated carbocycles. The number of hydrogen-bond donors (Lipinski definition) is 2. The smallest absolute Gasteiger partial charge is 0.311 e. The highest BCUT2D eigenvalue weighted by molar-refractivity contribution is 5.59. The van der Waals surface area contributed by atoms with Crippen LogP contribution in [0.3, 0.4) is 0 Å². The Bertz CT molecular complexity index is 449. The van der Waals surface area contributed by atoms with E-state index in [1.54, 1.807) is 0 Å².